The number of benzene rings is 1. The first-order valence-electron chi connectivity index (χ1n) is 8.82. The highest BCUT2D eigenvalue weighted by Gasteiger charge is 2.01. The van der Waals surface area contributed by atoms with Crippen molar-refractivity contribution in [1.82, 2.24) is 25.0 Å². The molecule has 0 saturated heterocycles. The molecule has 0 radical (unpaired) electrons. The number of aromatic nitrogens is 3. The van der Waals surface area contributed by atoms with Crippen molar-refractivity contribution in [3.05, 3.63) is 55.0 Å². The molecular weight excluding hydrogens is 312 g/mol. The van der Waals surface area contributed by atoms with Gasteiger partial charge in [-0.25, -0.2) is 0 Å². The number of aliphatic imine (C=N–C) groups is 1. The van der Waals surface area contributed by atoms with Crippen molar-refractivity contribution in [2.45, 2.75) is 25.9 Å². The summed E-state index contributed by atoms with van der Waals surface area (Å²) in [6, 6.07) is 12.6. The number of nitrogens with one attached hydrogen (secondary N) is 2. The van der Waals surface area contributed by atoms with Crippen LogP contribution < -0.4 is 10.6 Å². The fourth-order valence-electron chi connectivity index (χ4n) is 2.89. The van der Waals surface area contributed by atoms with E-state index in [4.69, 9.17) is 0 Å². The van der Waals surface area contributed by atoms with E-state index >= 15 is 0 Å². The molecule has 0 bridgehead atoms. The third-order valence-electron chi connectivity index (χ3n) is 4.19. The summed E-state index contributed by atoms with van der Waals surface area (Å²) < 4.78 is 4.25. The first-order chi connectivity index (χ1) is 12.4. The van der Waals surface area contributed by atoms with Gasteiger partial charge in [0.25, 0.3) is 0 Å². The van der Waals surface area contributed by atoms with Crippen LogP contribution in [0.5, 0.6) is 0 Å². The Labute approximate surface area is 148 Å². The Hall–Kier alpha value is -2.76. The molecule has 132 valence electrons. The lowest BCUT2D eigenvalue weighted by molar-refractivity contribution is 0.568. The average molecular weight is 338 g/mol. The molecule has 25 heavy (non-hydrogen) atoms. The van der Waals surface area contributed by atoms with Crippen LogP contribution in [0.4, 0.5) is 0 Å². The van der Waals surface area contributed by atoms with Crippen LogP contribution in [-0.2, 0) is 13.1 Å². The number of nitrogens with zero attached hydrogens (tertiary/aromatic N) is 4. The van der Waals surface area contributed by atoms with E-state index in [9.17, 15) is 0 Å². The molecule has 2 N–H and O–H groups in total. The molecule has 6 nitrogen and oxygen atoms in total. The number of para-hydroxylation sites is 1. The minimum absolute atomic E-state index is 0.859. The van der Waals surface area contributed by atoms with Crippen LogP contribution in [0, 0.1) is 0 Å². The minimum atomic E-state index is 0.859. The van der Waals surface area contributed by atoms with Crippen LogP contribution in [0.25, 0.3) is 10.9 Å². The SMILES string of the molecule is CN=C(NCCCn1cccn1)NCCCn1ccc2ccccc21. The van der Waals surface area contributed by atoms with Gasteiger partial charge in [-0.2, -0.15) is 5.10 Å². The Kier molecular flexibility index (Phi) is 6.09. The van der Waals surface area contributed by atoms with Crippen LogP contribution in [0.3, 0.4) is 0 Å². The molecular formula is C19H26N6. The zero-order valence-corrected chi connectivity index (χ0v) is 14.7. The van der Waals surface area contributed by atoms with Gasteiger partial charge in [0.15, 0.2) is 5.96 Å². The summed E-state index contributed by atoms with van der Waals surface area (Å²) in [6.07, 6.45) is 8.01. The van der Waals surface area contributed by atoms with Crippen LogP contribution in [-0.4, -0.2) is 40.4 Å². The molecule has 3 aromatic rings. The number of aryl methyl sites for hydroxylation is 2. The largest absolute Gasteiger partial charge is 0.356 e. The summed E-state index contributed by atoms with van der Waals surface area (Å²) in [5, 5.41) is 12.2. The van der Waals surface area contributed by atoms with Crippen LogP contribution in [0.2, 0.25) is 0 Å². The third-order valence-corrected chi connectivity index (χ3v) is 4.19. The van der Waals surface area contributed by atoms with E-state index in [0.717, 1.165) is 45.0 Å². The molecule has 0 fully saturated rings. The predicted octanol–water partition coefficient (Wildman–Crippen LogP) is 2.48. The van der Waals surface area contributed by atoms with Gasteiger partial charge in [0.05, 0.1) is 0 Å². The zero-order valence-electron chi connectivity index (χ0n) is 14.7. The average Bonchev–Trinajstić information content (AvgIpc) is 3.30. The van der Waals surface area contributed by atoms with Gasteiger partial charge in [0.2, 0.25) is 0 Å². The van der Waals surface area contributed by atoms with Crippen molar-refractivity contribution in [2.75, 3.05) is 20.1 Å². The van der Waals surface area contributed by atoms with Crippen LogP contribution in [0.1, 0.15) is 12.8 Å². The number of hydrogen-bond donors (Lipinski definition) is 2. The lowest BCUT2D eigenvalue weighted by atomic mass is 10.2. The summed E-state index contributed by atoms with van der Waals surface area (Å²) in [5.41, 5.74) is 1.30. The van der Waals surface area contributed by atoms with Crippen LogP contribution in [0.15, 0.2) is 60.0 Å². The third kappa shape index (κ3) is 4.86. The second-order valence-corrected chi connectivity index (χ2v) is 5.97. The van der Waals surface area contributed by atoms with Gasteiger partial charge in [0, 0.05) is 57.3 Å². The molecule has 0 aliphatic heterocycles. The lowest BCUT2D eigenvalue weighted by Gasteiger charge is -2.12. The summed E-state index contributed by atoms with van der Waals surface area (Å²) in [7, 11) is 1.81. The molecule has 0 aliphatic carbocycles. The summed E-state index contributed by atoms with van der Waals surface area (Å²) in [4.78, 5) is 4.27. The van der Waals surface area contributed by atoms with E-state index < -0.39 is 0 Å². The summed E-state index contributed by atoms with van der Waals surface area (Å²) >= 11 is 0. The lowest BCUT2D eigenvalue weighted by Crippen LogP contribution is -2.38. The van der Waals surface area contributed by atoms with Gasteiger partial charge in [-0.1, -0.05) is 18.2 Å². The second kappa shape index (κ2) is 8.92. The van der Waals surface area contributed by atoms with Gasteiger partial charge in [0.1, 0.15) is 0 Å². The molecule has 0 unspecified atom stereocenters. The number of hydrogen-bond acceptors (Lipinski definition) is 2. The Bertz CT molecular complexity index is 787. The van der Waals surface area contributed by atoms with Crippen molar-refractivity contribution in [3.8, 4) is 0 Å². The fraction of sp³-hybridized carbons (Fsp3) is 0.368. The Balaban J connectivity index is 1.34. The predicted molar refractivity (Wildman–Crippen MR) is 103 cm³/mol. The standard InChI is InChI=1S/C19H26N6/c1-20-19(22-11-5-14-25-15-6-12-23-25)21-10-4-13-24-16-9-17-7-2-3-8-18(17)24/h2-3,6-9,12,15-16H,4-5,10-11,13-14H2,1H3,(H2,20,21,22). The highest BCUT2D eigenvalue weighted by Crippen LogP contribution is 2.15. The highest BCUT2D eigenvalue weighted by atomic mass is 15.3. The summed E-state index contributed by atoms with van der Waals surface area (Å²) in [6.45, 7) is 3.68. The van der Waals surface area contributed by atoms with Gasteiger partial charge < -0.3 is 15.2 Å². The molecule has 0 aliphatic rings. The molecule has 0 saturated carbocycles. The quantitative estimate of drug-likeness (QED) is 0.377. The van der Waals surface area contributed by atoms with E-state index in [1.807, 2.05) is 30.2 Å². The summed E-state index contributed by atoms with van der Waals surface area (Å²) in [5.74, 6) is 0.859. The van der Waals surface area contributed by atoms with E-state index in [-0.39, 0.29) is 0 Å². The minimum Gasteiger partial charge on any atom is -0.356 e. The van der Waals surface area contributed by atoms with Crippen molar-refractivity contribution >= 4 is 16.9 Å². The maximum atomic E-state index is 4.27. The normalized spacial score (nSPS) is 11.8. The second-order valence-electron chi connectivity index (χ2n) is 5.97. The van der Waals surface area contributed by atoms with E-state index in [2.05, 4.69) is 61.8 Å². The number of fused-ring (bicyclic) bond motifs is 1. The van der Waals surface area contributed by atoms with Crippen molar-refractivity contribution in [1.29, 1.82) is 0 Å². The topological polar surface area (TPSA) is 59.2 Å². The molecule has 3 rings (SSSR count). The Morgan fingerprint density at radius 1 is 1.00 bits per heavy atom. The van der Waals surface area contributed by atoms with Crippen molar-refractivity contribution in [2.24, 2.45) is 4.99 Å². The highest BCUT2D eigenvalue weighted by molar-refractivity contribution is 5.80. The van der Waals surface area contributed by atoms with Gasteiger partial charge in [-0.15, -0.1) is 0 Å². The molecule has 0 atom stereocenters. The molecule has 0 spiro atoms. The van der Waals surface area contributed by atoms with Gasteiger partial charge in [-0.05, 0) is 36.4 Å². The fourth-order valence-corrected chi connectivity index (χ4v) is 2.89. The zero-order chi connectivity index (χ0) is 17.3. The molecule has 1 aromatic carbocycles. The van der Waals surface area contributed by atoms with E-state index in [1.165, 1.54) is 10.9 Å². The van der Waals surface area contributed by atoms with Crippen molar-refractivity contribution in [3.63, 3.8) is 0 Å². The van der Waals surface area contributed by atoms with Gasteiger partial charge in [-0.3, -0.25) is 9.67 Å². The first kappa shape index (κ1) is 17.1. The monoisotopic (exact) mass is 338 g/mol. The smallest absolute Gasteiger partial charge is 0.190 e. The molecule has 0 amide bonds. The van der Waals surface area contributed by atoms with Crippen LogP contribution >= 0.6 is 0 Å². The Morgan fingerprint density at radius 3 is 2.56 bits per heavy atom. The number of rotatable bonds is 8. The number of guanidine groups is 1. The molecule has 2 aromatic heterocycles. The van der Waals surface area contributed by atoms with E-state index in [0.29, 0.717) is 0 Å². The van der Waals surface area contributed by atoms with Gasteiger partial charge >= 0.3 is 0 Å². The molecule has 2 heterocycles. The first-order valence-corrected chi connectivity index (χ1v) is 8.82. The maximum absolute atomic E-state index is 4.27. The van der Waals surface area contributed by atoms with Crippen molar-refractivity contribution < 1.29 is 0 Å². The van der Waals surface area contributed by atoms with E-state index in [1.54, 1.807) is 0 Å². The maximum Gasteiger partial charge on any atom is 0.190 e. The Morgan fingerprint density at radius 2 is 1.80 bits per heavy atom. The molecule has 6 heteroatoms.